The van der Waals surface area contributed by atoms with E-state index in [4.69, 9.17) is 14.2 Å². The van der Waals surface area contributed by atoms with Crippen LogP contribution in [0.2, 0.25) is 0 Å². The van der Waals surface area contributed by atoms with Crippen molar-refractivity contribution in [3.05, 3.63) is 46.4 Å². The van der Waals surface area contributed by atoms with Gasteiger partial charge in [0.15, 0.2) is 11.5 Å². The first kappa shape index (κ1) is 18.9. The highest BCUT2D eigenvalue weighted by Gasteiger charge is 2.44. The Kier molecular flexibility index (Phi) is 5.10. The number of rotatable bonds is 4. The summed E-state index contributed by atoms with van der Waals surface area (Å²) in [5, 5.41) is 5.81. The van der Waals surface area contributed by atoms with Crippen LogP contribution in [0.1, 0.15) is 44.2 Å². The van der Waals surface area contributed by atoms with E-state index in [1.165, 1.54) is 0 Å². The van der Waals surface area contributed by atoms with Crippen molar-refractivity contribution in [2.45, 2.75) is 44.4 Å². The molecule has 0 aromatic heterocycles. The number of halogens is 1. The molecule has 1 atom stereocenters. The van der Waals surface area contributed by atoms with Gasteiger partial charge >= 0.3 is 6.03 Å². The van der Waals surface area contributed by atoms with Gasteiger partial charge in [-0.05, 0) is 65.5 Å². The lowest BCUT2D eigenvalue weighted by Gasteiger charge is -2.21. The highest BCUT2D eigenvalue weighted by molar-refractivity contribution is 9.10. The maximum absolute atomic E-state index is 12.4. The Bertz CT molecular complexity index is 896. The van der Waals surface area contributed by atoms with E-state index >= 15 is 0 Å². The third-order valence-electron chi connectivity index (χ3n) is 5.18. The molecule has 0 bridgehead atoms. The fraction of sp³-hybridized carbons (Fsp3) is 0.381. The van der Waals surface area contributed by atoms with Crippen molar-refractivity contribution in [3.8, 4) is 17.2 Å². The number of methoxy groups -OCH3 is 1. The zero-order chi connectivity index (χ0) is 19.7. The quantitative estimate of drug-likeness (QED) is 0.660. The summed E-state index contributed by atoms with van der Waals surface area (Å²) < 4.78 is 18.1. The van der Waals surface area contributed by atoms with E-state index in [0.717, 1.165) is 47.2 Å². The monoisotopic (exact) mass is 446 g/mol. The minimum absolute atomic E-state index is 0.169. The number of ether oxygens (including phenoxy) is 3. The topological polar surface area (TPSA) is 68.8 Å². The normalized spacial score (nSPS) is 17.4. The second-order valence-electron chi connectivity index (χ2n) is 7.20. The van der Waals surface area contributed by atoms with E-state index in [9.17, 15) is 4.79 Å². The fourth-order valence-corrected chi connectivity index (χ4v) is 4.25. The summed E-state index contributed by atoms with van der Waals surface area (Å²) in [5.74, 6) is 1.68. The van der Waals surface area contributed by atoms with Gasteiger partial charge in [-0.15, -0.1) is 0 Å². The molecule has 2 aromatic carbocycles. The molecule has 1 spiro atoms. The molecule has 1 fully saturated rings. The summed E-state index contributed by atoms with van der Waals surface area (Å²) in [5.41, 5.74) is 1.63. The zero-order valence-corrected chi connectivity index (χ0v) is 17.5. The van der Waals surface area contributed by atoms with Gasteiger partial charge in [-0.1, -0.05) is 6.07 Å². The van der Waals surface area contributed by atoms with E-state index in [1.54, 1.807) is 7.11 Å². The molecule has 1 aliphatic heterocycles. The Morgan fingerprint density at radius 1 is 1.14 bits per heavy atom. The van der Waals surface area contributed by atoms with Crippen LogP contribution in [0, 0.1) is 0 Å². The Labute approximate surface area is 172 Å². The first-order valence-electron chi connectivity index (χ1n) is 9.41. The molecule has 28 heavy (non-hydrogen) atoms. The van der Waals surface area contributed by atoms with Crippen molar-refractivity contribution >= 4 is 27.6 Å². The van der Waals surface area contributed by atoms with Gasteiger partial charge in [0, 0.05) is 24.6 Å². The van der Waals surface area contributed by atoms with Crippen LogP contribution in [0.15, 0.2) is 40.9 Å². The molecule has 0 unspecified atom stereocenters. The minimum atomic E-state index is -0.501. The van der Waals surface area contributed by atoms with E-state index in [-0.39, 0.29) is 12.1 Å². The van der Waals surface area contributed by atoms with Gasteiger partial charge in [-0.3, -0.25) is 0 Å². The average molecular weight is 447 g/mol. The number of anilines is 1. The summed E-state index contributed by atoms with van der Waals surface area (Å²) in [6.07, 6.45) is 4.03. The molecule has 2 aromatic rings. The molecular formula is C21H23BrN2O4. The van der Waals surface area contributed by atoms with Crippen LogP contribution in [0.3, 0.4) is 0 Å². The maximum Gasteiger partial charge on any atom is 0.319 e. The average Bonchev–Trinajstić information content (AvgIpc) is 3.27. The number of carbonyl (C=O) groups excluding carboxylic acids is 1. The molecule has 7 heteroatoms. The van der Waals surface area contributed by atoms with Gasteiger partial charge < -0.3 is 24.8 Å². The lowest BCUT2D eigenvalue weighted by atomic mass is 10.1. The van der Waals surface area contributed by atoms with Crippen LogP contribution in [0.5, 0.6) is 17.2 Å². The van der Waals surface area contributed by atoms with E-state index in [1.807, 2.05) is 43.3 Å². The lowest BCUT2D eigenvalue weighted by molar-refractivity contribution is -0.0716. The van der Waals surface area contributed by atoms with Crippen molar-refractivity contribution in [1.82, 2.24) is 5.32 Å². The van der Waals surface area contributed by atoms with Crippen LogP contribution < -0.4 is 24.8 Å². The molecule has 0 radical (unpaired) electrons. The van der Waals surface area contributed by atoms with Crippen LogP contribution in [-0.4, -0.2) is 18.9 Å². The van der Waals surface area contributed by atoms with Crippen molar-refractivity contribution in [3.63, 3.8) is 0 Å². The standard InChI is InChI=1S/C21H23BrN2O4/c1-13(14-5-7-17(26-2)16(22)11-14)23-20(25)24-15-6-8-18-19(12-15)28-21(27-18)9-3-4-10-21/h5-8,11-13H,3-4,9-10H2,1-2H3,(H2,23,24,25)/t13-/m1/s1. The third kappa shape index (κ3) is 3.76. The van der Waals surface area contributed by atoms with Gasteiger partial charge in [0.25, 0.3) is 5.79 Å². The lowest BCUT2D eigenvalue weighted by Crippen LogP contribution is -2.34. The second kappa shape index (κ2) is 7.54. The number of hydrogen-bond donors (Lipinski definition) is 2. The van der Waals surface area contributed by atoms with Gasteiger partial charge in [-0.2, -0.15) is 0 Å². The molecule has 0 saturated heterocycles. The number of fused-ring (bicyclic) bond motifs is 1. The highest BCUT2D eigenvalue weighted by atomic mass is 79.9. The Balaban J connectivity index is 1.39. The number of carbonyl (C=O) groups is 1. The first-order chi connectivity index (χ1) is 13.5. The predicted molar refractivity (Wildman–Crippen MR) is 110 cm³/mol. The minimum Gasteiger partial charge on any atom is -0.496 e. The molecule has 2 amide bonds. The van der Waals surface area contributed by atoms with E-state index in [2.05, 4.69) is 26.6 Å². The Morgan fingerprint density at radius 3 is 2.61 bits per heavy atom. The van der Waals surface area contributed by atoms with Crippen LogP contribution >= 0.6 is 15.9 Å². The predicted octanol–water partition coefficient (Wildman–Crippen LogP) is 5.38. The summed E-state index contributed by atoms with van der Waals surface area (Å²) in [7, 11) is 1.62. The number of hydrogen-bond acceptors (Lipinski definition) is 4. The number of amides is 2. The molecule has 1 saturated carbocycles. The third-order valence-corrected chi connectivity index (χ3v) is 5.80. The molecule has 1 heterocycles. The first-order valence-corrected chi connectivity index (χ1v) is 10.2. The van der Waals surface area contributed by atoms with Gasteiger partial charge in [0.1, 0.15) is 5.75 Å². The Hall–Kier alpha value is -2.41. The molecule has 2 aliphatic rings. The molecule has 4 rings (SSSR count). The largest absolute Gasteiger partial charge is 0.496 e. The second-order valence-corrected chi connectivity index (χ2v) is 8.05. The van der Waals surface area contributed by atoms with Gasteiger partial charge in [-0.25, -0.2) is 4.79 Å². The van der Waals surface area contributed by atoms with Gasteiger partial charge in [0.05, 0.1) is 17.6 Å². The molecule has 1 aliphatic carbocycles. The number of nitrogens with one attached hydrogen (secondary N) is 2. The molecule has 6 nitrogen and oxygen atoms in total. The van der Waals surface area contributed by atoms with Gasteiger partial charge in [0.2, 0.25) is 0 Å². The van der Waals surface area contributed by atoms with Crippen LogP contribution in [0.25, 0.3) is 0 Å². The summed E-state index contributed by atoms with van der Waals surface area (Å²) in [6, 6.07) is 10.8. The van der Waals surface area contributed by atoms with Crippen LogP contribution in [0.4, 0.5) is 10.5 Å². The SMILES string of the molecule is COc1ccc([C@@H](C)NC(=O)Nc2ccc3c(c2)OC2(CCCC2)O3)cc1Br. The Morgan fingerprint density at radius 2 is 1.89 bits per heavy atom. The number of benzene rings is 2. The molecule has 148 valence electrons. The summed E-state index contributed by atoms with van der Waals surface area (Å²) in [6.45, 7) is 1.93. The van der Waals surface area contributed by atoms with Crippen molar-refractivity contribution in [2.75, 3.05) is 12.4 Å². The van der Waals surface area contributed by atoms with E-state index in [0.29, 0.717) is 11.4 Å². The maximum atomic E-state index is 12.4. The highest BCUT2D eigenvalue weighted by Crippen LogP contribution is 2.47. The van der Waals surface area contributed by atoms with Crippen LogP contribution in [-0.2, 0) is 0 Å². The zero-order valence-electron chi connectivity index (χ0n) is 15.9. The van der Waals surface area contributed by atoms with Crippen molar-refractivity contribution < 1.29 is 19.0 Å². The smallest absolute Gasteiger partial charge is 0.319 e. The number of urea groups is 1. The molecular weight excluding hydrogens is 424 g/mol. The van der Waals surface area contributed by atoms with E-state index < -0.39 is 5.79 Å². The fourth-order valence-electron chi connectivity index (χ4n) is 3.69. The van der Waals surface area contributed by atoms with Crippen molar-refractivity contribution in [1.29, 1.82) is 0 Å². The molecule has 2 N–H and O–H groups in total. The van der Waals surface area contributed by atoms with Crippen molar-refractivity contribution in [2.24, 2.45) is 0 Å². The summed E-state index contributed by atoms with van der Waals surface area (Å²) >= 11 is 3.47. The summed E-state index contributed by atoms with van der Waals surface area (Å²) in [4.78, 5) is 12.4.